The summed E-state index contributed by atoms with van der Waals surface area (Å²) in [5.41, 5.74) is 7.04. The van der Waals surface area contributed by atoms with Crippen LogP contribution in [0, 0.1) is 6.92 Å². The summed E-state index contributed by atoms with van der Waals surface area (Å²) < 4.78 is 33.1. The average molecular weight is 240 g/mol. The zero-order valence-electron chi connectivity index (χ0n) is 8.98. The fraction of sp³-hybridized carbons (Fsp3) is 0.182. The van der Waals surface area contributed by atoms with Crippen molar-refractivity contribution in [3.8, 4) is 16.9 Å². The van der Waals surface area contributed by atoms with Crippen molar-refractivity contribution in [2.75, 3.05) is 5.73 Å². The lowest BCUT2D eigenvalue weighted by Gasteiger charge is -2.05. The van der Waals surface area contributed by atoms with Crippen LogP contribution in [0.5, 0.6) is 5.75 Å². The summed E-state index contributed by atoms with van der Waals surface area (Å²) in [6.45, 7) is -1.11. The molecule has 2 aromatic rings. The lowest BCUT2D eigenvalue weighted by molar-refractivity contribution is -0.0498. The van der Waals surface area contributed by atoms with E-state index in [2.05, 4.69) is 9.89 Å². The van der Waals surface area contributed by atoms with Crippen molar-refractivity contribution in [3.63, 3.8) is 0 Å². The first kappa shape index (κ1) is 11.4. The molecule has 0 saturated carbocycles. The van der Waals surface area contributed by atoms with Gasteiger partial charge in [-0.05, 0) is 24.6 Å². The summed E-state index contributed by atoms with van der Waals surface area (Å²) in [5, 5.41) is 3.61. The highest BCUT2D eigenvalue weighted by Crippen LogP contribution is 2.30. The molecule has 0 amide bonds. The van der Waals surface area contributed by atoms with Crippen LogP contribution < -0.4 is 10.5 Å². The highest BCUT2D eigenvalue weighted by atomic mass is 19.3. The minimum absolute atomic E-state index is 0.0939. The number of rotatable bonds is 3. The van der Waals surface area contributed by atoms with Gasteiger partial charge < -0.3 is 15.0 Å². The molecule has 1 heterocycles. The fourth-order valence-electron chi connectivity index (χ4n) is 1.54. The van der Waals surface area contributed by atoms with Crippen LogP contribution in [0.15, 0.2) is 28.8 Å². The van der Waals surface area contributed by atoms with Gasteiger partial charge in [-0.1, -0.05) is 17.3 Å². The Morgan fingerprint density at radius 1 is 1.29 bits per heavy atom. The number of hydrogen-bond acceptors (Lipinski definition) is 4. The van der Waals surface area contributed by atoms with Crippen LogP contribution in [-0.2, 0) is 0 Å². The summed E-state index contributed by atoms with van der Waals surface area (Å²) >= 11 is 0. The van der Waals surface area contributed by atoms with Crippen molar-refractivity contribution < 1.29 is 18.0 Å². The second-order valence-electron chi connectivity index (χ2n) is 3.40. The van der Waals surface area contributed by atoms with Crippen LogP contribution in [0.4, 0.5) is 14.6 Å². The first-order valence-corrected chi connectivity index (χ1v) is 4.85. The zero-order chi connectivity index (χ0) is 12.4. The predicted molar refractivity (Wildman–Crippen MR) is 57.7 cm³/mol. The van der Waals surface area contributed by atoms with Crippen molar-refractivity contribution in [2.45, 2.75) is 13.5 Å². The molecule has 0 saturated heterocycles. The first-order valence-electron chi connectivity index (χ1n) is 4.85. The van der Waals surface area contributed by atoms with Crippen LogP contribution in [0.25, 0.3) is 11.1 Å². The summed E-state index contributed by atoms with van der Waals surface area (Å²) in [6, 6.07) is 6.11. The Balaban J connectivity index is 2.30. The third-order valence-electron chi connectivity index (χ3n) is 2.26. The molecule has 0 unspecified atom stereocenters. The molecule has 0 spiro atoms. The van der Waals surface area contributed by atoms with E-state index >= 15 is 0 Å². The molecule has 0 aliphatic heterocycles. The first-order chi connectivity index (χ1) is 8.08. The largest absolute Gasteiger partial charge is 0.435 e. The molecular formula is C11H10F2N2O2. The second-order valence-corrected chi connectivity index (χ2v) is 3.40. The number of aryl methyl sites for hydroxylation is 1. The van der Waals surface area contributed by atoms with E-state index in [0.29, 0.717) is 11.3 Å². The highest BCUT2D eigenvalue weighted by Gasteiger charge is 2.12. The van der Waals surface area contributed by atoms with Gasteiger partial charge in [-0.15, -0.1) is 0 Å². The molecular weight excluding hydrogens is 230 g/mol. The monoisotopic (exact) mass is 240 g/mol. The van der Waals surface area contributed by atoms with E-state index in [4.69, 9.17) is 10.3 Å². The van der Waals surface area contributed by atoms with Crippen LogP contribution in [0.3, 0.4) is 0 Å². The molecule has 1 aromatic carbocycles. The molecule has 6 heteroatoms. The topological polar surface area (TPSA) is 61.3 Å². The lowest BCUT2D eigenvalue weighted by Crippen LogP contribution is -2.01. The molecule has 0 aliphatic carbocycles. The predicted octanol–water partition coefficient (Wildman–Crippen LogP) is 2.83. The van der Waals surface area contributed by atoms with E-state index in [1.54, 1.807) is 19.1 Å². The SMILES string of the molecule is Cc1onc(N)c1-c1ccc(OC(F)F)cc1. The Kier molecular flexibility index (Phi) is 2.95. The van der Waals surface area contributed by atoms with Gasteiger partial charge in [-0.25, -0.2) is 0 Å². The molecule has 0 atom stereocenters. The summed E-state index contributed by atoms with van der Waals surface area (Å²) in [6.07, 6.45) is 0. The number of nitrogens with two attached hydrogens (primary N) is 1. The third kappa shape index (κ3) is 2.35. The normalized spacial score (nSPS) is 10.8. The molecule has 0 radical (unpaired) electrons. The average Bonchev–Trinajstić information content (AvgIpc) is 2.59. The fourth-order valence-corrected chi connectivity index (χ4v) is 1.54. The standard InChI is InChI=1S/C11H10F2N2O2/c1-6-9(10(14)15-17-6)7-2-4-8(5-3-7)16-11(12)13/h2-5,11H,1H3,(H2,14,15). The van der Waals surface area contributed by atoms with Crippen molar-refractivity contribution in [1.82, 2.24) is 5.16 Å². The molecule has 90 valence electrons. The van der Waals surface area contributed by atoms with Gasteiger partial charge in [-0.3, -0.25) is 0 Å². The lowest BCUT2D eigenvalue weighted by atomic mass is 10.1. The van der Waals surface area contributed by atoms with Gasteiger partial charge in [0.15, 0.2) is 5.82 Å². The van der Waals surface area contributed by atoms with Crippen molar-refractivity contribution >= 4 is 5.82 Å². The molecule has 4 nitrogen and oxygen atoms in total. The quantitative estimate of drug-likeness (QED) is 0.896. The summed E-state index contributed by atoms with van der Waals surface area (Å²) in [5.74, 6) is 0.937. The number of anilines is 1. The van der Waals surface area contributed by atoms with E-state index in [9.17, 15) is 8.78 Å². The van der Waals surface area contributed by atoms with Crippen LogP contribution in [-0.4, -0.2) is 11.8 Å². The van der Waals surface area contributed by atoms with Crippen molar-refractivity contribution in [1.29, 1.82) is 0 Å². The van der Waals surface area contributed by atoms with Gasteiger partial charge in [-0.2, -0.15) is 8.78 Å². The maximum atomic E-state index is 12.0. The van der Waals surface area contributed by atoms with E-state index in [1.807, 2.05) is 0 Å². The van der Waals surface area contributed by atoms with Gasteiger partial charge in [0.2, 0.25) is 0 Å². The number of alkyl halides is 2. The molecule has 1 aromatic heterocycles. The molecule has 0 aliphatic rings. The Morgan fingerprint density at radius 2 is 1.94 bits per heavy atom. The number of aromatic nitrogens is 1. The number of ether oxygens (including phenoxy) is 1. The van der Waals surface area contributed by atoms with Gasteiger partial charge in [0, 0.05) is 0 Å². The van der Waals surface area contributed by atoms with E-state index < -0.39 is 6.61 Å². The van der Waals surface area contributed by atoms with E-state index in [-0.39, 0.29) is 11.6 Å². The Labute approximate surface area is 96.0 Å². The smallest absolute Gasteiger partial charge is 0.387 e. The number of halogens is 2. The molecule has 0 bridgehead atoms. The van der Waals surface area contributed by atoms with Gasteiger partial charge in [0.05, 0.1) is 5.56 Å². The Hall–Kier alpha value is -2.11. The molecule has 2 N–H and O–H groups in total. The van der Waals surface area contributed by atoms with Crippen LogP contribution in [0.1, 0.15) is 5.76 Å². The third-order valence-corrected chi connectivity index (χ3v) is 2.26. The molecule has 17 heavy (non-hydrogen) atoms. The maximum absolute atomic E-state index is 12.0. The highest BCUT2D eigenvalue weighted by molar-refractivity contribution is 5.75. The number of benzene rings is 1. The Morgan fingerprint density at radius 3 is 2.41 bits per heavy atom. The molecule has 0 fully saturated rings. The number of nitrogens with zero attached hydrogens (tertiary/aromatic N) is 1. The van der Waals surface area contributed by atoms with Crippen LogP contribution in [0.2, 0.25) is 0 Å². The van der Waals surface area contributed by atoms with E-state index in [1.165, 1.54) is 12.1 Å². The second kappa shape index (κ2) is 4.40. The van der Waals surface area contributed by atoms with Gasteiger partial charge in [0.25, 0.3) is 0 Å². The number of nitrogen functional groups attached to an aromatic ring is 1. The minimum Gasteiger partial charge on any atom is -0.435 e. The molecule has 2 rings (SSSR count). The summed E-state index contributed by atoms with van der Waals surface area (Å²) in [4.78, 5) is 0. The zero-order valence-corrected chi connectivity index (χ0v) is 8.98. The van der Waals surface area contributed by atoms with Gasteiger partial charge >= 0.3 is 6.61 Å². The number of hydrogen-bond donors (Lipinski definition) is 1. The van der Waals surface area contributed by atoms with Crippen molar-refractivity contribution in [3.05, 3.63) is 30.0 Å². The Bertz CT molecular complexity index is 489. The van der Waals surface area contributed by atoms with Crippen LogP contribution >= 0.6 is 0 Å². The summed E-state index contributed by atoms with van der Waals surface area (Å²) in [7, 11) is 0. The van der Waals surface area contributed by atoms with Gasteiger partial charge in [0.1, 0.15) is 11.5 Å². The minimum atomic E-state index is -2.83. The van der Waals surface area contributed by atoms with Crippen molar-refractivity contribution in [2.24, 2.45) is 0 Å². The van der Waals surface area contributed by atoms with E-state index in [0.717, 1.165) is 5.56 Å². The maximum Gasteiger partial charge on any atom is 0.387 e.